The molecule has 0 aliphatic heterocycles. The lowest BCUT2D eigenvalue weighted by atomic mass is 10.2. The first-order valence-electron chi connectivity index (χ1n) is 7.03. The third-order valence-electron chi connectivity index (χ3n) is 3.00. The van der Waals surface area contributed by atoms with E-state index >= 15 is 0 Å². The maximum absolute atomic E-state index is 11.6. The Morgan fingerprint density at radius 2 is 2.00 bits per heavy atom. The number of carbonyl (C=O) groups is 1. The lowest BCUT2D eigenvalue weighted by molar-refractivity contribution is 0.0520. The van der Waals surface area contributed by atoms with E-state index in [1.807, 2.05) is 31.2 Å². The number of aromatic nitrogens is 1. The summed E-state index contributed by atoms with van der Waals surface area (Å²) in [7, 11) is 0. The fraction of sp³-hybridized carbons (Fsp3) is 0.375. The van der Waals surface area contributed by atoms with E-state index in [2.05, 4.69) is 11.9 Å². The van der Waals surface area contributed by atoms with E-state index in [-0.39, 0.29) is 12.1 Å². The summed E-state index contributed by atoms with van der Waals surface area (Å²) in [5, 5.41) is 2.52. The van der Waals surface area contributed by atoms with Gasteiger partial charge < -0.3 is 9.47 Å². The van der Waals surface area contributed by atoms with Gasteiger partial charge in [0.05, 0.1) is 12.7 Å². The van der Waals surface area contributed by atoms with Gasteiger partial charge in [0.2, 0.25) is 0 Å². The Bertz CT molecular complexity index is 592. The quantitative estimate of drug-likeness (QED) is 0.752. The Morgan fingerprint density at radius 3 is 2.62 bits per heavy atom. The molecule has 0 bridgehead atoms. The van der Waals surface area contributed by atoms with E-state index in [1.54, 1.807) is 12.3 Å². The highest BCUT2D eigenvalue weighted by Crippen LogP contribution is 2.26. The fourth-order valence-electron chi connectivity index (χ4n) is 1.70. The molecule has 0 aliphatic carbocycles. The Morgan fingerprint density at radius 1 is 1.29 bits per heavy atom. The summed E-state index contributed by atoms with van der Waals surface area (Å²) in [5.41, 5.74) is 1.32. The normalized spacial score (nSPS) is 12.0. The van der Waals surface area contributed by atoms with Gasteiger partial charge in [0, 0.05) is 10.9 Å². The van der Waals surface area contributed by atoms with Crippen molar-refractivity contribution in [1.82, 2.24) is 4.98 Å². The highest BCUT2D eigenvalue weighted by Gasteiger charge is 2.12. The lowest BCUT2D eigenvalue weighted by Crippen LogP contribution is -2.09. The van der Waals surface area contributed by atoms with E-state index in [1.165, 1.54) is 11.3 Å². The second kappa shape index (κ2) is 7.22. The number of hydrogen-bond acceptors (Lipinski definition) is 5. The van der Waals surface area contributed by atoms with Crippen LogP contribution in [0.2, 0.25) is 0 Å². The highest BCUT2D eigenvalue weighted by molar-refractivity contribution is 7.13. The van der Waals surface area contributed by atoms with Crippen LogP contribution in [0.3, 0.4) is 0 Å². The molecule has 1 atom stereocenters. The zero-order valence-electron chi connectivity index (χ0n) is 12.5. The molecule has 1 aromatic carbocycles. The van der Waals surface area contributed by atoms with Crippen LogP contribution in [0.5, 0.6) is 5.75 Å². The molecule has 2 rings (SSSR count). The molecule has 112 valence electrons. The minimum Gasteiger partial charge on any atom is -0.491 e. The van der Waals surface area contributed by atoms with Crippen molar-refractivity contribution in [2.45, 2.75) is 33.3 Å². The predicted octanol–water partition coefficient (Wildman–Crippen LogP) is 4.16. The first kappa shape index (κ1) is 15.5. The molecule has 0 aliphatic rings. The van der Waals surface area contributed by atoms with Crippen LogP contribution >= 0.6 is 11.3 Å². The SMILES string of the molecule is CCOC(=O)c1csc(-c2ccc(OC(C)CC)cc2)n1. The second-order valence-electron chi connectivity index (χ2n) is 4.62. The maximum Gasteiger partial charge on any atom is 0.357 e. The van der Waals surface area contributed by atoms with Crippen LogP contribution in [0.1, 0.15) is 37.7 Å². The predicted molar refractivity (Wildman–Crippen MR) is 83.9 cm³/mol. The van der Waals surface area contributed by atoms with Crippen molar-refractivity contribution >= 4 is 17.3 Å². The number of carbonyl (C=O) groups excluding carboxylic acids is 1. The molecule has 1 unspecified atom stereocenters. The van der Waals surface area contributed by atoms with Crippen LogP contribution in [0.15, 0.2) is 29.6 Å². The fourth-order valence-corrected chi connectivity index (χ4v) is 2.49. The molecule has 0 N–H and O–H groups in total. The number of nitrogens with zero attached hydrogens (tertiary/aromatic N) is 1. The average Bonchev–Trinajstić information content (AvgIpc) is 2.98. The van der Waals surface area contributed by atoms with Crippen LogP contribution < -0.4 is 4.74 Å². The minimum absolute atomic E-state index is 0.200. The van der Waals surface area contributed by atoms with Gasteiger partial charge >= 0.3 is 5.97 Å². The zero-order chi connectivity index (χ0) is 15.2. The maximum atomic E-state index is 11.6. The molecule has 0 saturated heterocycles. The molecule has 0 fully saturated rings. The topological polar surface area (TPSA) is 48.4 Å². The molecule has 1 aromatic heterocycles. The molecule has 1 heterocycles. The molecule has 0 spiro atoms. The number of esters is 1. The van der Waals surface area contributed by atoms with Gasteiger partial charge in [0.1, 0.15) is 10.8 Å². The van der Waals surface area contributed by atoms with Crippen molar-refractivity contribution in [1.29, 1.82) is 0 Å². The molecule has 0 radical (unpaired) electrons. The number of ether oxygens (including phenoxy) is 2. The lowest BCUT2D eigenvalue weighted by Gasteiger charge is -2.12. The molecule has 0 saturated carbocycles. The summed E-state index contributed by atoms with van der Waals surface area (Å²) in [4.78, 5) is 15.9. The third kappa shape index (κ3) is 4.04. The van der Waals surface area contributed by atoms with Crippen LogP contribution in [0.25, 0.3) is 10.6 Å². The number of benzene rings is 1. The molecule has 0 amide bonds. The Balaban J connectivity index is 2.10. The first-order chi connectivity index (χ1) is 10.1. The average molecular weight is 305 g/mol. The summed E-state index contributed by atoms with van der Waals surface area (Å²) in [6, 6.07) is 7.75. The smallest absolute Gasteiger partial charge is 0.357 e. The van der Waals surface area contributed by atoms with E-state index < -0.39 is 0 Å². The van der Waals surface area contributed by atoms with Crippen LogP contribution in [0, 0.1) is 0 Å². The summed E-state index contributed by atoms with van der Waals surface area (Å²) < 4.78 is 10.7. The van der Waals surface area contributed by atoms with E-state index in [4.69, 9.17) is 9.47 Å². The van der Waals surface area contributed by atoms with Gasteiger partial charge in [-0.15, -0.1) is 11.3 Å². The minimum atomic E-state index is -0.378. The van der Waals surface area contributed by atoms with Gasteiger partial charge in [-0.1, -0.05) is 6.92 Å². The number of hydrogen-bond donors (Lipinski definition) is 0. The highest BCUT2D eigenvalue weighted by atomic mass is 32.1. The molecule has 4 nitrogen and oxygen atoms in total. The zero-order valence-corrected chi connectivity index (χ0v) is 13.3. The summed E-state index contributed by atoms with van der Waals surface area (Å²) in [5.74, 6) is 0.465. The monoisotopic (exact) mass is 305 g/mol. The molecular weight excluding hydrogens is 286 g/mol. The van der Waals surface area contributed by atoms with Gasteiger partial charge in [-0.2, -0.15) is 0 Å². The molecular formula is C16H19NO3S. The Hall–Kier alpha value is -1.88. The molecule has 21 heavy (non-hydrogen) atoms. The van der Waals surface area contributed by atoms with Crippen molar-refractivity contribution in [3.8, 4) is 16.3 Å². The van der Waals surface area contributed by atoms with Crippen molar-refractivity contribution in [2.75, 3.05) is 6.61 Å². The van der Waals surface area contributed by atoms with Gasteiger partial charge in [-0.05, 0) is 44.5 Å². The van der Waals surface area contributed by atoms with Gasteiger partial charge in [0.15, 0.2) is 5.69 Å². The van der Waals surface area contributed by atoms with Crippen LogP contribution in [0.4, 0.5) is 0 Å². The van der Waals surface area contributed by atoms with E-state index in [0.717, 1.165) is 22.7 Å². The Kier molecular flexibility index (Phi) is 5.33. The molecule has 5 heteroatoms. The number of thiazole rings is 1. The van der Waals surface area contributed by atoms with Crippen molar-refractivity contribution in [2.24, 2.45) is 0 Å². The molecule has 2 aromatic rings. The third-order valence-corrected chi connectivity index (χ3v) is 3.89. The summed E-state index contributed by atoms with van der Waals surface area (Å²) in [6.07, 6.45) is 1.17. The van der Waals surface area contributed by atoms with Crippen molar-refractivity contribution in [3.63, 3.8) is 0 Å². The van der Waals surface area contributed by atoms with Crippen molar-refractivity contribution < 1.29 is 14.3 Å². The van der Waals surface area contributed by atoms with Crippen molar-refractivity contribution in [3.05, 3.63) is 35.3 Å². The number of rotatable bonds is 6. The van der Waals surface area contributed by atoms with Gasteiger partial charge in [0.25, 0.3) is 0 Å². The van der Waals surface area contributed by atoms with Gasteiger partial charge in [-0.3, -0.25) is 0 Å². The van der Waals surface area contributed by atoms with E-state index in [0.29, 0.717) is 12.3 Å². The summed E-state index contributed by atoms with van der Waals surface area (Å²) in [6.45, 7) is 6.26. The summed E-state index contributed by atoms with van der Waals surface area (Å²) >= 11 is 1.43. The second-order valence-corrected chi connectivity index (χ2v) is 5.48. The largest absolute Gasteiger partial charge is 0.491 e. The van der Waals surface area contributed by atoms with Crippen LogP contribution in [-0.4, -0.2) is 23.7 Å². The van der Waals surface area contributed by atoms with Gasteiger partial charge in [-0.25, -0.2) is 9.78 Å². The standard InChI is InChI=1S/C16H19NO3S/c1-4-11(3)20-13-8-6-12(7-9-13)15-17-14(10-21-15)16(18)19-5-2/h6-11H,4-5H2,1-3H3. The van der Waals surface area contributed by atoms with Crippen LogP contribution in [-0.2, 0) is 4.74 Å². The van der Waals surface area contributed by atoms with E-state index in [9.17, 15) is 4.79 Å². The Labute approximate surface area is 128 Å². The first-order valence-corrected chi connectivity index (χ1v) is 7.91.